The average Bonchev–Trinajstić information content (AvgIpc) is 3.34. The zero-order valence-corrected chi connectivity index (χ0v) is 16.3. The molecule has 1 unspecified atom stereocenters. The second-order valence-electron chi connectivity index (χ2n) is 7.36. The number of nitrogens with zero attached hydrogens (tertiary/aromatic N) is 4. The summed E-state index contributed by atoms with van der Waals surface area (Å²) in [4.78, 5) is 20.2. The molecule has 1 saturated heterocycles. The van der Waals surface area contributed by atoms with Gasteiger partial charge in [0.2, 0.25) is 5.91 Å². The van der Waals surface area contributed by atoms with Crippen molar-refractivity contribution in [3.05, 3.63) is 59.9 Å². The highest BCUT2D eigenvalue weighted by Crippen LogP contribution is 2.35. The molecule has 0 radical (unpaired) electrons. The third-order valence-corrected chi connectivity index (χ3v) is 5.03. The lowest BCUT2D eigenvalue weighted by molar-refractivity contribution is -0.137. The summed E-state index contributed by atoms with van der Waals surface area (Å²) in [5, 5.41) is 4.01. The summed E-state index contributed by atoms with van der Waals surface area (Å²) in [6, 6.07) is 12.3. The van der Waals surface area contributed by atoms with Gasteiger partial charge in [-0.3, -0.25) is 4.79 Å². The molecule has 2 aromatic carbocycles. The van der Waals surface area contributed by atoms with Gasteiger partial charge < -0.3 is 14.3 Å². The number of hydrogen-bond acceptors (Lipinski definition) is 5. The van der Waals surface area contributed by atoms with Crippen molar-refractivity contribution in [1.29, 1.82) is 0 Å². The predicted octanol–water partition coefficient (Wildman–Crippen LogP) is 4.34. The Morgan fingerprint density at radius 3 is 2.63 bits per heavy atom. The summed E-state index contributed by atoms with van der Waals surface area (Å²) in [6.07, 6.45) is -4.37. The molecule has 1 atom stereocenters. The third-order valence-electron chi connectivity index (χ3n) is 5.03. The zero-order valence-electron chi connectivity index (χ0n) is 16.3. The molecular weight excluding hydrogens is 397 g/mol. The van der Waals surface area contributed by atoms with Crippen LogP contribution in [0, 0.1) is 0 Å². The molecule has 156 valence electrons. The Morgan fingerprint density at radius 2 is 1.90 bits per heavy atom. The van der Waals surface area contributed by atoms with Crippen LogP contribution in [0.15, 0.2) is 53.1 Å². The van der Waals surface area contributed by atoms with Crippen LogP contribution in [0.3, 0.4) is 0 Å². The molecule has 1 aromatic heterocycles. The van der Waals surface area contributed by atoms with E-state index in [1.54, 1.807) is 0 Å². The van der Waals surface area contributed by atoms with Crippen molar-refractivity contribution in [2.24, 2.45) is 0 Å². The molecule has 0 spiro atoms. The number of anilines is 2. The first-order chi connectivity index (χ1) is 14.2. The Morgan fingerprint density at radius 1 is 1.13 bits per heavy atom. The number of benzene rings is 2. The molecule has 3 aromatic rings. The van der Waals surface area contributed by atoms with Crippen LogP contribution in [0.4, 0.5) is 24.5 Å². The van der Waals surface area contributed by atoms with Gasteiger partial charge in [0.25, 0.3) is 5.89 Å². The number of carbonyl (C=O) groups is 1. The van der Waals surface area contributed by atoms with Gasteiger partial charge in [0.1, 0.15) is 0 Å². The molecule has 0 N–H and O–H groups in total. The largest absolute Gasteiger partial charge is 0.416 e. The van der Waals surface area contributed by atoms with Crippen molar-refractivity contribution in [3.63, 3.8) is 0 Å². The lowest BCUT2D eigenvalue weighted by atomic mass is 10.1. The van der Waals surface area contributed by atoms with E-state index < -0.39 is 11.7 Å². The fraction of sp³-hybridized carbons (Fsp3) is 0.286. The van der Waals surface area contributed by atoms with Crippen LogP contribution < -0.4 is 9.80 Å². The van der Waals surface area contributed by atoms with Crippen LogP contribution in [0.2, 0.25) is 0 Å². The summed E-state index contributed by atoms with van der Waals surface area (Å²) in [5.74, 6) is 0.0589. The first kappa shape index (κ1) is 19.9. The summed E-state index contributed by atoms with van der Waals surface area (Å²) in [5.41, 5.74) is 1.14. The fourth-order valence-corrected chi connectivity index (χ4v) is 3.42. The topological polar surface area (TPSA) is 62.5 Å². The molecule has 4 rings (SSSR count). The van der Waals surface area contributed by atoms with Gasteiger partial charge in [0.05, 0.1) is 5.56 Å². The normalized spacial score (nSPS) is 16.9. The molecule has 1 aliphatic heterocycles. The third kappa shape index (κ3) is 3.87. The maximum Gasteiger partial charge on any atom is 0.416 e. The second kappa shape index (κ2) is 7.47. The smallest absolute Gasteiger partial charge is 0.378 e. The van der Waals surface area contributed by atoms with Crippen LogP contribution in [0.25, 0.3) is 11.5 Å². The van der Waals surface area contributed by atoms with Gasteiger partial charge >= 0.3 is 6.18 Å². The zero-order chi connectivity index (χ0) is 21.5. The fourth-order valence-electron chi connectivity index (χ4n) is 3.42. The van der Waals surface area contributed by atoms with Crippen LogP contribution in [-0.4, -0.2) is 36.7 Å². The summed E-state index contributed by atoms with van der Waals surface area (Å²) in [6.45, 7) is 0.191. The number of amides is 1. The highest BCUT2D eigenvalue weighted by atomic mass is 19.4. The van der Waals surface area contributed by atoms with Crippen molar-refractivity contribution in [1.82, 2.24) is 10.1 Å². The second-order valence-corrected chi connectivity index (χ2v) is 7.36. The van der Waals surface area contributed by atoms with Gasteiger partial charge in [-0.15, -0.1) is 0 Å². The minimum atomic E-state index is -4.47. The van der Waals surface area contributed by atoms with Gasteiger partial charge in [-0.25, -0.2) is 0 Å². The van der Waals surface area contributed by atoms with Crippen molar-refractivity contribution in [3.8, 4) is 11.5 Å². The lowest BCUT2D eigenvalue weighted by Gasteiger charge is -2.18. The number of hydrogen-bond donors (Lipinski definition) is 0. The Kier molecular flexibility index (Phi) is 4.97. The highest BCUT2D eigenvalue weighted by molar-refractivity contribution is 5.96. The molecule has 9 heteroatoms. The number of halogens is 3. The maximum absolute atomic E-state index is 13.0. The van der Waals surface area contributed by atoms with E-state index in [0.717, 1.165) is 23.4 Å². The molecule has 1 aliphatic rings. The minimum Gasteiger partial charge on any atom is -0.378 e. The number of alkyl halides is 3. The standard InChI is InChI=1S/C21H19F3N4O2/c1-27(2)16-7-3-5-13(9-16)20-25-19(26-30-20)14-10-18(29)28(12-14)17-8-4-6-15(11-17)21(22,23)24/h3-9,11,14H,10,12H2,1-2H3. The molecule has 1 fully saturated rings. The molecule has 2 heterocycles. The summed E-state index contributed by atoms with van der Waals surface area (Å²) < 4.78 is 44.4. The van der Waals surface area contributed by atoms with Gasteiger partial charge in [-0.1, -0.05) is 17.3 Å². The van der Waals surface area contributed by atoms with E-state index in [1.807, 2.05) is 43.3 Å². The van der Waals surface area contributed by atoms with Crippen LogP contribution in [-0.2, 0) is 11.0 Å². The maximum atomic E-state index is 13.0. The van der Waals surface area contributed by atoms with Crippen molar-refractivity contribution in [2.45, 2.75) is 18.5 Å². The van der Waals surface area contributed by atoms with Gasteiger partial charge in [-0.2, -0.15) is 18.2 Å². The van der Waals surface area contributed by atoms with Crippen molar-refractivity contribution < 1.29 is 22.5 Å². The van der Waals surface area contributed by atoms with Gasteiger partial charge in [0.15, 0.2) is 5.82 Å². The summed E-state index contributed by atoms with van der Waals surface area (Å²) >= 11 is 0. The quantitative estimate of drug-likeness (QED) is 0.633. The molecule has 0 saturated carbocycles. The van der Waals surface area contributed by atoms with Crippen LogP contribution >= 0.6 is 0 Å². The van der Waals surface area contributed by atoms with Crippen molar-refractivity contribution in [2.75, 3.05) is 30.4 Å². The number of rotatable bonds is 4. The SMILES string of the molecule is CN(C)c1cccc(-c2nc(C3CC(=O)N(c4cccc(C(F)(F)F)c4)C3)no2)c1. The Hall–Kier alpha value is -3.36. The first-order valence-electron chi connectivity index (χ1n) is 9.31. The van der Waals surface area contributed by atoms with E-state index in [0.29, 0.717) is 11.7 Å². The van der Waals surface area contributed by atoms with E-state index >= 15 is 0 Å². The molecular formula is C21H19F3N4O2. The molecule has 0 bridgehead atoms. The minimum absolute atomic E-state index is 0.104. The Bertz CT molecular complexity index is 1080. The monoisotopic (exact) mass is 416 g/mol. The van der Waals surface area contributed by atoms with Crippen LogP contribution in [0.5, 0.6) is 0 Å². The molecule has 0 aliphatic carbocycles. The molecule has 30 heavy (non-hydrogen) atoms. The first-order valence-corrected chi connectivity index (χ1v) is 9.31. The van der Waals surface area contributed by atoms with E-state index in [1.165, 1.54) is 17.0 Å². The van der Waals surface area contributed by atoms with E-state index in [2.05, 4.69) is 10.1 Å². The lowest BCUT2D eigenvalue weighted by Crippen LogP contribution is -2.24. The molecule has 6 nitrogen and oxygen atoms in total. The average molecular weight is 416 g/mol. The molecule has 1 amide bonds. The summed E-state index contributed by atoms with van der Waals surface area (Å²) in [7, 11) is 3.84. The predicted molar refractivity (Wildman–Crippen MR) is 105 cm³/mol. The van der Waals surface area contributed by atoms with Crippen molar-refractivity contribution >= 4 is 17.3 Å². The van der Waals surface area contributed by atoms with E-state index in [9.17, 15) is 18.0 Å². The number of aromatic nitrogens is 2. The van der Waals surface area contributed by atoms with E-state index in [4.69, 9.17) is 4.52 Å². The highest BCUT2D eigenvalue weighted by Gasteiger charge is 2.36. The number of carbonyl (C=O) groups excluding carboxylic acids is 1. The van der Waals surface area contributed by atoms with Gasteiger partial charge in [-0.05, 0) is 36.4 Å². The Labute approximate surface area is 170 Å². The van der Waals surface area contributed by atoms with Crippen LogP contribution in [0.1, 0.15) is 23.7 Å². The Balaban J connectivity index is 1.55. The van der Waals surface area contributed by atoms with Gasteiger partial charge in [0, 0.05) is 49.9 Å². The van der Waals surface area contributed by atoms with E-state index in [-0.39, 0.29) is 30.5 Å².